The number of benzene rings is 1. The summed E-state index contributed by atoms with van der Waals surface area (Å²) in [7, 11) is -3.44. The van der Waals surface area contributed by atoms with Gasteiger partial charge in [0.1, 0.15) is 0 Å². The van der Waals surface area contributed by atoms with E-state index in [4.69, 9.17) is 0 Å². The Bertz CT molecular complexity index is 671. The van der Waals surface area contributed by atoms with Crippen LogP contribution in [-0.2, 0) is 20.2 Å². The highest BCUT2D eigenvalue weighted by Gasteiger charge is 2.51. The number of anilines is 1. The number of hydrogen-bond donors (Lipinski definition) is 2. The average Bonchev–Trinajstić information content (AvgIpc) is 3.07. The van der Waals surface area contributed by atoms with Crippen LogP contribution in [0.25, 0.3) is 6.08 Å². The van der Waals surface area contributed by atoms with Gasteiger partial charge in [0.25, 0.3) is 10.0 Å². The molecule has 1 aliphatic carbocycles. The molecule has 0 unspecified atom stereocenters. The zero-order valence-corrected chi connectivity index (χ0v) is 10.2. The van der Waals surface area contributed by atoms with E-state index in [1.165, 1.54) is 6.08 Å². The number of carbonyl (C=O) groups is 1. The Morgan fingerprint density at radius 2 is 2.06 bits per heavy atom. The van der Waals surface area contributed by atoms with E-state index in [1.807, 2.05) is 0 Å². The number of hydrogen-bond acceptors (Lipinski definition) is 3. The number of nitrogens with one attached hydrogen (secondary N) is 1. The summed E-state index contributed by atoms with van der Waals surface area (Å²) in [5.74, 6) is -0.850. The van der Waals surface area contributed by atoms with Crippen LogP contribution in [0.2, 0.25) is 0 Å². The molecule has 1 heterocycles. The van der Waals surface area contributed by atoms with Gasteiger partial charge in [-0.1, -0.05) is 12.1 Å². The van der Waals surface area contributed by atoms with Crippen LogP contribution in [0.4, 0.5) is 5.69 Å². The summed E-state index contributed by atoms with van der Waals surface area (Å²) in [6.45, 7) is 0. The normalized spacial score (nSPS) is 21.8. The molecule has 2 aliphatic rings. The van der Waals surface area contributed by atoms with E-state index in [2.05, 4.69) is 4.72 Å². The van der Waals surface area contributed by atoms with Crippen molar-refractivity contribution in [3.8, 4) is 0 Å². The average molecular weight is 265 g/mol. The molecule has 6 heteroatoms. The molecule has 3 rings (SSSR count). The molecule has 5 nitrogen and oxygen atoms in total. The summed E-state index contributed by atoms with van der Waals surface area (Å²) in [6.07, 6.45) is 2.71. The Morgan fingerprint density at radius 1 is 1.33 bits per heavy atom. The van der Waals surface area contributed by atoms with Gasteiger partial charge < -0.3 is 5.11 Å². The van der Waals surface area contributed by atoms with Gasteiger partial charge in [-0.25, -0.2) is 8.42 Å². The monoisotopic (exact) mass is 265 g/mol. The minimum Gasteiger partial charge on any atom is -0.481 e. The first-order valence-corrected chi connectivity index (χ1v) is 7.06. The van der Waals surface area contributed by atoms with Gasteiger partial charge in [0.15, 0.2) is 0 Å². The predicted octanol–water partition coefficient (Wildman–Crippen LogP) is 1.53. The van der Waals surface area contributed by atoms with Crippen LogP contribution in [0, 0.1) is 0 Å². The van der Waals surface area contributed by atoms with Gasteiger partial charge in [0.05, 0.1) is 16.5 Å². The van der Waals surface area contributed by atoms with E-state index in [9.17, 15) is 18.3 Å². The molecule has 1 aliphatic heterocycles. The van der Waals surface area contributed by atoms with Crippen LogP contribution in [0.15, 0.2) is 23.6 Å². The van der Waals surface area contributed by atoms with Gasteiger partial charge in [-0.15, -0.1) is 0 Å². The van der Waals surface area contributed by atoms with E-state index in [0.29, 0.717) is 24.1 Å². The molecule has 0 amide bonds. The Morgan fingerprint density at radius 3 is 2.67 bits per heavy atom. The molecule has 1 aromatic rings. The fourth-order valence-corrected chi connectivity index (χ4v) is 3.07. The lowest BCUT2D eigenvalue weighted by atomic mass is 9.94. The van der Waals surface area contributed by atoms with Gasteiger partial charge >= 0.3 is 5.97 Å². The van der Waals surface area contributed by atoms with Crippen LogP contribution in [0.3, 0.4) is 0 Å². The molecule has 94 valence electrons. The number of aliphatic carboxylic acids is 1. The lowest BCUT2D eigenvalue weighted by Gasteiger charge is -2.17. The number of fused-ring (bicyclic) bond motifs is 1. The van der Waals surface area contributed by atoms with Gasteiger partial charge in [0, 0.05) is 0 Å². The quantitative estimate of drug-likeness (QED) is 0.849. The van der Waals surface area contributed by atoms with E-state index in [1.54, 1.807) is 18.2 Å². The molecule has 0 spiro atoms. The summed E-state index contributed by atoms with van der Waals surface area (Å²) < 4.78 is 25.2. The minimum atomic E-state index is -3.44. The van der Waals surface area contributed by atoms with Crippen LogP contribution >= 0.6 is 0 Å². The van der Waals surface area contributed by atoms with Crippen LogP contribution < -0.4 is 4.72 Å². The SMILES string of the molecule is O=C(O)C1(c2ccc3c(c2)NS(=O)(=O)C=C3)CC1. The molecule has 1 fully saturated rings. The molecule has 0 atom stereocenters. The van der Waals surface area contributed by atoms with E-state index < -0.39 is 21.4 Å². The van der Waals surface area contributed by atoms with Crippen molar-refractivity contribution in [2.75, 3.05) is 4.72 Å². The topological polar surface area (TPSA) is 83.5 Å². The standard InChI is InChI=1S/C12H11NO4S/c14-11(15)12(4-5-12)9-2-1-8-3-6-18(16,17)13-10(8)7-9/h1-3,6-7,13H,4-5H2,(H,14,15). The first-order valence-electron chi connectivity index (χ1n) is 5.52. The molecule has 2 N–H and O–H groups in total. The third kappa shape index (κ3) is 1.60. The minimum absolute atomic E-state index is 0.447. The second kappa shape index (κ2) is 3.35. The number of carboxylic acids is 1. The van der Waals surface area contributed by atoms with Crippen LogP contribution in [-0.4, -0.2) is 19.5 Å². The highest BCUT2D eigenvalue weighted by Crippen LogP contribution is 2.49. The van der Waals surface area contributed by atoms with Crippen molar-refractivity contribution >= 4 is 27.8 Å². The summed E-state index contributed by atoms with van der Waals surface area (Å²) in [5, 5.41) is 10.3. The summed E-state index contributed by atoms with van der Waals surface area (Å²) >= 11 is 0. The number of sulfonamides is 1. The highest BCUT2D eigenvalue weighted by atomic mass is 32.2. The summed E-state index contributed by atoms with van der Waals surface area (Å²) in [4.78, 5) is 11.2. The van der Waals surface area contributed by atoms with Crippen LogP contribution in [0.1, 0.15) is 24.0 Å². The summed E-state index contributed by atoms with van der Waals surface area (Å²) in [6, 6.07) is 5.12. The van der Waals surface area contributed by atoms with Gasteiger partial charge in [0.2, 0.25) is 0 Å². The molecule has 0 saturated heterocycles. The van der Waals surface area contributed by atoms with Crippen molar-refractivity contribution in [2.24, 2.45) is 0 Å². The fraction of sp³-hybridized carbons (Fsp3) is 0.250. The van der Waals surface area contributed by atoms with Gasteiger partial charge in [-0.2, -0.15) is 0 Å². The van der Waals surface area contributed by atoms with Crippen molar-refractivity contribution in [3.63, 3.8) is 0 Å². The first-order chi connectivity index (χ1) is 8.43. The van der Waals surface area contributed by atoms with E-state index in [-0.39, 0.29) is 0 Å². The van der Waals surface area contributed by atoms with Crippen molar-refractivity contribution in [1.82, 2.24) is 0 Å². The van der Waals surface area contributed by atoms with E-state index >= 15 is 0 Å². The van der Waals surface area contributed by atoms with Crippen molar-refractivity contribution in [2.45, 2.75) is 18.3 Å². The van der Waals surface area contributed by atoms with Gasteiger partial charge in [-0.3, -0.25) is 9.52 Å². The third-order valence-corrected chi connectivity index (χ3v) is 4.44. The second-order valence-electron chi connectivity index (χ2n) is 4.64. The lowest BCUT2D eigenvalue weighted by molar-refractivity contribution is -0.140. The molecule has 0 aromatic heterocycles. The molecule has 0 radical (unpaired) electrons. The highest BCUT2D eigenvalue weighted by molar-refractivity contribution is 7.95. The maximum absolute atomic E-state index is 11.4. The van der Waals surface area contributed by atoms with Crippen LogP contribution in [0.5, 0.6) is 0 Å². The zero-order valence-electron chi connectivity index (χ0n) is 9.38. The Hall–Kier alpha value is -1.82. The largest absolute Gasteiger partial charge is 0.481 e. The Balaban J connectivity index is 2.08. The molecule has 1 aromatic carbocycles. The van der Waals surface area contributed by atoms with Crippen molar-refractivity contribution in [3.05, 3.63) is 34.7 Å². The van der Waals surface area contributed by atoms with E-state index in [0.717, 1.165) is 11.0 Å². The number of rotatable bonds is 2. The maximum atomic E-state index is 11.4. The zero-order chi connectivity index (χ0) is 13.0. The first kappa shape index (κ1) is 11.3. The second-order valence-corrected chi connectivity index (χ2v) is 6.21. The lowest BCUT2D eigenvalue weighted by Crippen LogP contribution is -2.20. The Labute approximate surface area is 104 Å². The molecule has 1 saturated carbocycles. The maximum Gasteiger partial charge on any atom is 0.314 e. The molecular weight excluding hydrogens is 254 g/mol. The number of carboxylic acid groups (broad SMARTS) is 1. The third-order valence-electron chi connectivity index (χ3n) is 3.44. The fourth-order valence-electron chi connectivity index (χ4n) is 2.19. The smallest absolute Gasteiger partial charge is 0.314 e. The van der Waals surface area contributed by atoms with Crippen molar-refractivity contribution in [1.29, 1.82) is 0 Å². The Kier molecular flexibility index (Phi) is 2.10. The molecular formula is C12H11NO4S. The summed E-state index contributed by atoms with van der Waals surface area (Å²) in [5.41, 5.74) is 1.03. The van der Waals surface area contributed by atoms with Gasteiger partial charge in [-0.05, 0) is 36.1 Å². The molecule has 0 bridgehead atoms. The predicted molar refractivity (Wildman–Crippen MR) is 66.6 cm³/mol. The van der Waals surface area contributed by atoms with Crippen molar-refractivity contribution < 1.29 is 18.3 Å². The molecule has 18 heavy (non-hydrogen) atoms.